The lowest BCUT2D eigenvalue weighted by atomic mass is 10.2. The Balaban J connectivity index is 2.45. The van der Waals surface area contributed by atoms with Crippen LogP contribution < -0.4 is 9.47 Å². The maximum atomic E-state index is 12.7. The quantitative estimate of drug-likeness (QED) is 0.684. The van der Waals surface area contributed by atoms with Gasteiger partial charge in [-0.05, 0) is 49.2 Å². The van der Waals surface area contributed by atoms with Crippen molar-refractivity contribution in [3.8, 4) is 17.6 Å². The molecular weight excluding hydrogens is 350 g/mol. The molecule has 2 rings (SSSR count). The number of rotatable bonds is 7. The molecular formula is C20H21NO4S. The minimum Gasteiger partial charge on any atom is -0.493 e. The zero-order chi connectivity index (χ0) is 19.2. The minimum absolute atomic E-state index is 0.0897. The highest BCUT2D eigenvalue weighted by Crippen LogP contribution is 2.30. The van der Waals surface area contributed by atoms with Crippen LogP contribution in [0.1, 0.15) is 24.5 Å². The van der Waals surface area contributed by atoms with E-state index in [9.17, 15) is 13.7 Å². The van der Waals surface area contributed by atoms with E-state index in [1.165, 1.54) is 25.3 Å². The Hall–Kier alpha value is -2.78. The van der Waals surface area contributed by atoms with Gasteiger partial charge in [0.25, 0.3) is 0 Å². The number of allylic oxidation sites excluding steroid dienone is 1. The summed E-state index contributed by atoms with van der Waals surface area (Å²) in [7, 11) is -2.35. The topological polar surface area (TPSA) is 76.4 Å². The van der Waals surface area contributed by atoms with Crippen LogP contribution in [0.4, 0.5) is 0 Å². The number of sulfone groups is 1. The number of nitriles is 1. The van der Waals surface area contributed by atoms with Crippen molar-refractivity contribution >= 4 is 15.9 Å². The summed E-state index contributed by atoms with van der Waals surface area (Å²) in [4.78, 5) is -0.236. The van der Waals surface area contributed by atoms with Crippen molar-refractivity contribution in [3.63, 3.8) is 0 Å². The summed E-state index contributed by atoms with van der Waals surface area (Å²) >= 11 is 0. The van der Waals surface area contributed by atoms with Crippen molar-refractivity contribution in [2.75, 3.05) is 13.7 Å². The van der Waals surface area contributed by atoms with Gasteiger partial charge in [-0.15, -0.1) is 0 Å². The van der Waals surface area contributed by atoms with E-state index in [0.29, 0.717) is 23.7 Å². The number of hydrogen-bond donors (Lipinski definition) is 0. The first-order chi connectivity index (χ1) is 12.4. The van der Waals surface area contributed by atoms with E-state index in [-0.39, 0.29) is 9.80 Å². The van der Waals surface area contributed by atoms with Gasteiger partial charge in [0, 0.05) is 0 Å². The Morgan fingerprint density at radius 3 is 2.42 bits per heavy atom. The van der Waals surface area contributed by atoms with E-state index >= 15 is 0 Å². The maximum absolute atomic E-state index is 12.7. The Kier molecular flexibility index (Phi) is 6.42. The van der Waals surface area contributed by atoms with E-state index in [4.69, 9.17) is 9.47 Å². The molecule has 0 spiro atoms. The van der Waals surface area contributed by atoms with Crippen molar-refractivity contribution in [1.82, 2.24) is 0 Å². The molecule has 0 radical (unpaired) electrons. The van der Waals surface area contributed by atoms with Crippen LogP contribution in [0.2, 0.25) is 0 Å². The molecule has 0 saturated carbocycles. The molecule has 0 fully saturated rings. The van der Waals surface area contributed by atoms with Gasteiger partial charge in [-0.1, -0.05) is 30.7 Å². The lowest BCUT2D eigenvalue weighted by molar-refractivity contribution is 0.294. The first-order valence-corrected chi connectivity index (χ1v) is 9.65. The summed E-state index contributed by atoms with van der Waals surface area (Å²) in [5.41, 5.74) is 1.49. The largest absolute Gasteiger partial charge is 0.493 e. The Morgan fingerprint density at radius 2 is 1.85 bits per heavy atom. The summed E-state index contributed by atoms with van der Waals surface area (Å²) in [5, 5.41) is 9.40. The first-order valence-electron chi connectivity index (χ1n) is 8.16. The minimum atomic E-state index is -3.88. The molecule has 0 amide bonds. The van der Waals surface area contributed by atoms with E-state index in [1.54, 1.807) is 36.4 Å². The van der Waals surface area contributed by atoms with Gasteiger partial charge in [-0.3, -0.25) is 0 Å². The SMILES string of the molecule is CCCOc1cc(C=C(C#N)S(=O)(=O)c2ccc(C)cc2)ccc1OC. The van der Waals surface area contributed by atoms with Gasteiger partial charge >= 0.3 is 0 Å². The second-order valence-electron chi connectivity index (χ2n) is 5.70. The normalized spacial score (nSPS) is 11.7. The molecule has 136 valence electrons. The Morgan fingerprint density at radius 1 is 1.15 bits per heavy atom. The third-order valence-electron chi connectivity index (χ3n) is 3.68. The van der Waals surface area contributed by atoms with E-state index < -0.39 is 9.84 Å². The fourth-order valence-electron chi connectivity index (χ4n) is 2.27. The highest BCUT2D eigenvalue weighted by Gasteiger charge is 2.21. The Labute approximate surface area is 154 Å². The molecule has 26 heavy (non-hydrogen) atoms. The van der Waals surface area contributed by atoms with E-state index in [2.05, 4.69) is 0 Å². The third-order valence-corrected chi connectivity index (χ3v) is 5.36. The number of benzene rings is 2. The van der Waals surface area contributed by atoms with Crippen molar-refractivity contribution < 1.29 is 17.9 Å². The molecule has 0 bridgehead atoms. The number of methoxy groups -OCH3 is 1. The highest BCUT2D eigenvalue weighted by atomic mass is 32.2. The fourth-order valence-corrected chi connectivity index (χ4v) is 3.43. The van der Waals surface area contributed by atoms with E-state index in [0.717, 1.165) is 12.0 Å². The average molecular weight is 371 g/mol. The molecule has 0 saturated heterocycles. The van der Waals surface area contributed by atoms with Crippen molar-refractivity contribution in [1.29, 1.82) is 5.26 Å². The molecule has 0 aliphatic heterocycles. The van der Waals surface area contributed by atoms with Crippen LogP contribution >= 0.6 is 0 Å². The summed E-state index contributed by atoms with van der Waals surface area (Å²) in [6.45, 7) is 4.36. The van der Waals surface area contributed by atoms with Crippen molar-refractivity contribution in [2.24, 2.45) is 0 Å². The number of ether oxygens (including phenoxy) is 2. The molecule has 0 aromatic heterocycles. The van der Waals surface area contributed by atoms with Gasteiger partial charge in [0.2, 0.25) is 9.84 Å². The van der Waals surface area contributed by atoms with Gasteiger partial charge in [0.15, 0.2) is 11.5 Å². The molecule has 6 heteroatoms. The van der Waals surface area contributed by atoms with Crippen LogP contribution in [0, 0.1) is 18.3 Å². The van der Waals surface area contributed by atoms with Gasteiger partial charge in [0.05, 0.1) is 18.6 Å². The Bertz CT molecular complexity index is 939. The molecule has 0 aliphatic rings. The summed E-state index contributed by atoms with van der Waals surface area (Å²) in [5.74, 6) is 1.06. The molecule has 0 N–H and O–H groups in total. The molecule has 0 unspecified atom stereocenters. The smallest absolute Gasteiger partial charge is 0.216 e. The van der Waals surface area contributed by atoms with Crippen LogP contribution in [0.25, 0.3) is 6.08 Å². The molecule has 0 atom stereocenters. The van der Waals surface area contributed by atoms with Crippen LogP contribution in [0.15, 0.2) is 52.3 Å². The number of aryl methyl sites for hydroxylation is 1. The first kappa shape index (κ1) is 19.5. The lowest BCUT2D eigenvalue weighted by Crippen LogP contribution is -2.03. The van der Waals surface area contributed by atoms with E-state index in [1.807, 2.05) is 13.8 Å². The van der Waals surface area contributed by atoms with Gasteiger partial charge in [-0.25, -0.2) is 8.42 Å². The number of hydrogen-bond acceptors (Lipinski definition) is 5. The average Bonchev–Trinajstić information content (AvgIpc) is 2.64. The standard InChI is InChI=1S/C20H21NO4S/c1-4-11-25-20-13-16(7-10-19(20)24-3)12-18(14-21)26(22,23)17-8-5-15(2)6-9-17/h5-10,12-13H,4,11H2,1-3H3. The van der Waals surface area contributed by atoms with Crippen LogP contribution in [-0.4, -0.2) is 22.1 Å². The van der Waals surface area contributed by atoms with Crippen LogP contribution in [0.5, 0.6) is 11.5 Å². The zero-order valence-electron chi connectivity index (χ0n) is 15.0. The molecule has 0 heterocycles. The lowest BCUT2D eigenvalue weighted by Gasteiger charge is -2.11. The maximum Gasteiger partial charge on any atom is 0.216 e. The number of nitrogens with zero attached hydrogens (tertiary/aromatic N) is 1. The van der Waals surface area contributed by atoms with Crippen LogP contribution in [-0.2, 0) is 9.84 Å². The van der Waals surface area contributed by atoms with Gasteiger partial charge < -0.3 is 9.47 Å². The fraction of sp³-hybridized carbons (Fsp3) is 0.250. The van der Waals surface area contributed by atoms with Crippen LogP contribution in [0.3, 0.4) is 0 Å². The molecule has 2 aromatic carbocycles. The summed E-state index contributed by atoms with van der Waals surface area (Å²) < 4.78 is 36.3. The summed E-state index contributed by atoms with van der Waals surface area (Å²) in [6, 6.07) is 13.2. The van der Waals surface area contributed by atoms with Crippen molar-refractivity contribution in [3.05, 3.63) is 58.5 Å². The zero-order valence-corrected chi connectivity index (χ0v) is 15.8. The molecule has 2 aromatic rings. The highest BCUT2D eigenvalue weighted by molar-refractivity contribution is 7.95. The van der Waals surface area contributed by atoms with Gasteiger partial charge in [-0.2, -0.15) is 5.26 Å². The van der Waals surface area contributed by atoms with Crippen molar-refractivity contribution in [2.45, 2.75) is 25.2 Å². The summed E-state index contributed by atoms with van der Waals surface area (Å²) in [6.07, 6.45) is 2.17. The third kappa shape index (κ3) is 4.44. The van der Waals surface area contributed by atoms with Gasteiger partial charge in [0.1, 0.15) is 11.0 Å². The second-order valence-corrected chi connectivity index (χ2v) is 7.61. The predicted molar refractivity (Wildman–Crippen MR) is 101 cm³/mol. The molecule has 0 aliphatic carbocycles. The molecule has 5 nitrogen and oxygen atoms in total. The second kappa shape index (κ2) is 8.54. The predicted octanol–water partition coefficient (Wildman–Crippen LogP) is 4.13. The monoisotopic (exact) mass is 371 g/mol.